The Balaban J connectivity index is 2.37. The molecule has 0 radical (unpaired) electrons. The minimum Gasteiger partial charge on any atom is -0.437 e. The van der Waals surface area contributed by atoms with Crippen molar-refractivity contribution < 1.29 is 22.3 Å². The highest BCUT2D eigenvalue weighted by Crippen LogP contribution is 2.35. The van der Waals surface area contributed by atoms with Gasteiger partial charge in [-0.1, -0.05) is 0 Å². The zero-order valence-corrected chi connectivity index (χ0v) is 10.3. The molecule has 0 atom stereocenters. The highest BCUT2D eigenvalue weighted by molar-refractivity contribution is 5.50. The maximum absolute atomic E-state index is 13.1. The minimum atomic E-state index is -4.80. The Morgan fingerprint density at radius 2 is 1.85 bits per heavy atom. The smallest absolute Gasteiger partial charge is 0.419 e. The Morgan fingerprint density at radius 1 is 1.15 bits per heavy atom. The summed E-state index contributed by atoms with van der Waals surface area (Å²) in [5.74, 6) is -1.58. The second kappa shape index (κ2) is 4.99. The molecule has 20 heavy (non-hydrogen) atoms. The van der Waals surface area contributed by atoms with Crippen LogP contribution in [0.3, 0.4) is 0 Å². The van der Waals surface area contributed by atoms with Gasteiger partial charge in [0.05, 0.1) is 11.3 Å². The van der Waals surface area contributed by atoms with Crippen LogP contribution < -0.4 is 10.5 Å². The first-order valence-corrected chi connectivity index (χ1v) is 5.55. The van der Waals surface area contributed by atoms with E-state index in [-0.39, 0.29) is 17.3 Å². The van der Waals surface area contributed by atoms with Gasteiger partial charge in [-0.15, -0.1) is 0 Å². The van der Waals surface area contributed by atoms with Crippen molar-refractivity contribution in [2.24, 2.45) is 0 Å². The average molecular weight is 286 g/mol. The Bertz CT molecular complexity index is 641. The molecule has 2 aromatic rings. The van der Waals surface area contributed by atoms with E-state index >= 15 is 0 Å². The predicted molar refractivity (Wildman–Crippen MR) is 64.9 cm³/mol. The van der Waals surface area contributed by atoms with Crippen LogP contribution in [-0.4, -0.2) is 4.98 Å². The summed E-state index contributed by atoms with van der Waals surface area (Å²) in [5.41, 5.74) is 4.97. The molecule has 0 aliphatic heterocycles. The maximum atomic E-state index is 13.1. The topological polar surface area (TPSA) is 48.1 Å². The molecule has 0 saturated carbocycles. The third kappa shape index (κ3) is 2.98. The monoisotopic (exact) mass is 286 g/mol. The van der Waals surface area contributed by atoms with Gasteiger partial charge in [-0.2, -0.15) is 13.2 Å². The number of alkyl halides is 3. The van der Waals surface area contributed by atoms with Crippen molar-refractivity contribution in [2.75, 3.05) is 5.73 Å². The van der Waals surface area contributed by atoms with Gasteiger partial charge in [0.25, 0.3) is 0 Å². The molecular formula is C13H10F4N2O. The first-order valence-electron chi connectivity index (χ1n) is 5.55. The molecule has 0 unspecified atom stereocenters. The molecule has 106 valence electrons. The van der Waals surface area contributed by atoms with Gasteiger partial charge in [0.1, 0.15) is 11.6 Å². The number of anilines is 1. The highest BCUT2D eigenvalue weighted by Gasteiger charge is 2.34. The fraction of sp³-hybridized carbons (Fsp3) is 0.154. The number of nitrogen functional groups attached to an aromatic ring is 1. The third-order valence-corrected chi connectivity index (χ3v) is 2.49. The van der Waals surface area contributed by atoms with Crippen molar-refractivity contribution in [1.29, 1.82) is 0 Å². The van der Waals surface area contributed by atoms with E-state index in [1.165, 1.54) is 6.07 Å². The van der Waals surface area contributed by atoms with E-state index in [0.29, 0.717) is 17.8 Å². The molecule has 0 fully saturated rings. The van der Waals surface area contributed by atoms with Crippen LogP contribution in [0.2, 0.25) is 0 Å². The number of aryl methyl sites for hydroxylation is 1. The summed E-state index contributed by atoms with van der Waals surface area (Å²) in [6.45, 7) is 1.68. The molecule has 2 rings (SSSR count). The standard InChI is InChI=1S/C13H10F4N2O/c1-7-2-5-11(18)12(19-7)20-8-3-4-10(14)9(6-8)13(15,16)17/h2-6H,18H2,1H3. The summed E-state index contributed by atoms with van der Waals surface area (Å²) in [7, 11) is 0. The van der Waals surface area contributed by atoms with Crippen molar-refractivity contribution in [3.63, 3.8) is 0 Å². The molecule has 7 heteroatoms. The zero-order chi connectivity index (χ0) is 14.9. The van der Waals surface area contributed by atoms with Gasteiger partial charge < -0.3 is 10.5 Å². The van der Waals surface area contributed by atoms with E-state index in [1.807, 2.05) is 0 Å². The van der Waals surface area contributed by atoms with Gasteiger partial charge in [0.2, 0.25) is 5.88 Å². The van der Waals surface area contributed by atoms with E-state index in [0.717, 1.165) is 6.07 Å². The number of nitrogens with zero attached hydrogens (tertiary/aromatic N) is 1. The quantitative estimate of drug-likeness (QED) is 0.851. The van der Waals surface area contributed by atoms with Crippen LogP contribution in [0.25, 0.3) is 0 Å². The second-order valence-corrected chi connectivity index (χ2v) is 4.09. The Kier molecular flexibility index (Phi) is 3.52. The molecule has 1 aromatic carbocycles. The SMILES string of the molecule is Cc1ccc(N)c(Oc2ccc(F)c(C(F)(F)F)c2)n1. The van der Waals surface area contributed by atoms with E-state index in [1.54, 1.807) is 13.0 Å². The number of pyridine rings is 1. The fourth-order valence-corrected chi connectivity index (χ4v) is 1.52. The summed E-state index contributed by atoms with van der Waals surface area (Å²) in [6.07, 6.45) is -4.80. The summed E-state index contributed by atoms with van der Waals surface area (Å²) in [4.78, 5) is 3.96. The van der Waals surface area contributed by atoms with Crippen LogP contribution in [0, 0.1) is 12.7 Å². The lowest BCUT2D eigenvalue weighted by atomic mass is 10.2. The van der Waals surface area contributed by atoms with E-state index in [4.69, 9.17) is 10.5 Å². The van der Waals surface area contributed by atoms with Gasteiger partial charge in [0.15, 0.2) is 0 Å². The van der Waals surface area contributed by atoms with Gasteiger partial charge >= 0.3 is 6.18 Å². The van der Waals surface area contributed by atoms with Crippen molar-refractivity contribution in [1.82, 2.24) is 4.98 Å². The number of rotatable bonds is 2. The van der Waals surface area contributed by atoms with Crippen molar-refractivity contribution >= 4 is 5.69 Å². The normalized spacial score (nSPS) is 11.4. The first-order chi connectivity index (χ1) is 9.27. The molecule has 1 heterocycles. The highest BCUT2D eigenvalue weighted by atomic mass is 19.4. The van der Waals surface area contributed by atoms with Crippen LogP contribution in [-0.2, 0) is 6.18 Å². The summed E-state index contributed by atoms with van der Waals surface area (Å²) in [6, 6.07) is 5.48. The van der Waals surface area contributed by atoms with Gasteiger partial charge in [0, 0.05) is 5.69 Å². The van der Waals surface area contributed by atoms with Crippen LogP contribution >= 0.6 is 0 Å². The molecule has 0 amide bonds. The summed E-state index contributed by atoms with van der Waals surface area (Å²) in [5, 5.41) is 0. The van der Waals surface area contributed by atoms with Crippen LogP contribution in [0.1, 0.15) is 11.3 Å². The predicted octanol–water partition coefficient (Wildman–Crippen LogP) is 3.92. The number of benzene rings is 1. The number of hydrogen-bond donors (Lipinski definition) is 1. The molecule has 1 aromatic heterocycles. The van der Waals surface area contributed by atoms with Crippen LogP contribution in [0.15, 0.2) is 30.3 Å². The number of hydrogen-bond acceptors (Lipinski definition) is 3. The van der Waals surface area contributed by atoms with Crippen molar-refractivity contribution in [3.8, 4) is 11.6 Å². The number of ether oxygens (including phenoxy) is 1. The average Bonchev–Trinajstić information content (AvgIpc) is 2.35. The fourth-order valence-electron chi connectivity index (χ4n) is 1.52. The van der Waals surface area contributed by atoms with Crippen molar-refractivity contribution in [2.45, 2.75) is 13.1 Å². The molecule has 0 bridgehead atoms. The van der Waals surface area contributed by atoms with Gasteiger partial charge in [-0.3, -0.25) is 0 Å². The second-order valence-electron chi connectivity index (χ2n) is 4.09. The molecule has 0 spiro atoms. The lowest BCUT2D eigenvalue weighted by Crippen LogP contribution is -2.08. The Labute approximate surface area is 112 Å². The number of halogens is 4. The molecule has 2 N–H and O–H groups in total. The third-order valence-electron chi connectivity index (χ3n) is 2.49. The van der Waals surface area contributed by atoms with Crippen molar-refractivity contribution in [3.05, 3.63) is 47.4 Å². The number of aromatic nitrogens is 1. The first kappa shape index (κ1) is 14.1. The lowest BCUT2D eigenvalue weighted by Gasteiger charge is -2.11. The van der Waals surface area contributed by atoms with E-state index in [9.17, 15) is 17.6 Å². The summed E-state index contributed by atoms with van der Waals surface area (Å²) < 4.78 is 56.0. The Morgan fingerprint density at radius 3 is 2.50 bits per heavy atom. The van der Waals surface area contributed by atoms with Crippen LogP contribution in [0.5, 0.6) is 11.6 Å². The molecule has 0 aliphatic carbocycles. The van der Waals surface area contributed by atoms with E-state index < -0.39 is 17.6 Å². The molecular weight excluding hydrogens is 276 g/mol. The Hall–Kier alpha value is -2.31. The van der Waals surface area contributed by atoms with Gasteiger partial charge in [-0.25, -0.2) is 9.37 Å². The summed E-state index contributed by atoms with van der Waals surface area (Å²) >= 11 is 0. The molecule has 0 saturated heterocycles. The zero-order valence-electron chi connectivity index (χ0n) is 10.3. The lowest BCUT2D eigenvalue weighted by molar-refractivity contribution is -0.140. The maximum Gasteiger partial charge on any atom is 0.419 e. The van der Waals surface area contributed by atoms with Gasteiger partial charge in [-0.05, 0) is 37.3 Å². The number of nitrogens with two attached hydrogens (primary N) is 1. The molecule has 3 nitrogen and oxygen atoms in total. The largest absolute Gasteiger partial charge is 0.437 e. The molecule has 0 aliphatic rings. The minimum absolute atomic E-state index is 0.0234. The van der Waals surface area contributed by atoms with E-state index in [2.05, 4.69) is 4.98 Å². The van der Waals surface area contributed by atoms with Crippen LogP contribution in [0.4, 0.5) is 23.2 Å².